The van der Waals surface area contributed by atoms with Gasteiger partial charge in [-0.15, -0.1) is 0 Å². The van der Waals surface area contributed by atoms with Gasteiger partial charge < -0.3 is 5.32 Å². The van der Waals surface area contributed by atoms with Crippen LogP contribution in [0.15, 0.2) is 47.4 Å². The minimum Gasteiger partial charge on any atom is -0.349 e. The van der Waals surface area contributed by atoms with E-state index in [4.69, 9.17) is 16.8 Å². The lowest BCUT2D eigenvalue weighted by atomic mass is 9.73. The Bertz CT molecular complexity index is 1070. The molecule has 0 aromatic heterocycles. The lowest BCUT2D eigenvalue weighted by molar-refractivity contribution is -0.132. The van der Waals surface area contributed by atoms with Gasteiger partial charge in [0.05, 0.1) is 21.6 Å². The molecular weight excluding hydrogens is 457 g/mol. The highest BCUT2D eigenvalue weighted by atomic mass is 35.5. The van der Waals surface area contributed by atoms with E-state index in [9.17, 15) is 17.6 Å². The number of benzene rings is 2. The first-order valence-electron chi connectivity index (χ1n) is 10.3. The number of carbonyl (C=O) groups excluding carboxylic acids is 1. The molecule has 1 saturated carbocycles. The lowest BCUT2D eigenvalue weighted by Crippen LogP contribution is -2.46. The van der Waals surface area contributed by atoms with E-state index < -0.39 is 15.4 Å². The van der Waals surface area contributed by atoms with Crippen molar-refractivity contribution in [1.29, 1.82) is 0 Å². The molecule has 0 aliphatic heterocycles. The Kier molecular flexibility index (Phi) is 7.44. The lowest BCUT2D eigenvalue weighted by Gasteiger charge is -2.37. The van der Waals surface area contributed by atoms with Crippen LogP contribution < -0.4 is 15.5 Å². The molecule has 1 amide bonds. The van der Waals surface area contributed by atoms with Crippen LogP contribution >= 0.6 is 11.6 Å². The van der Waals surface area contributed by atoms with E-state index in [1.807, 2.05) is 19.3 Å². The molecule has 1 aliphatic rings. The van der Waals surface area contributed by atoms with E-state index >= 15 is 0 Å². The summed E-state index contributed by atoms with van der Waals surface area (Å²) in [4.78, 5) is 12.9. The van der Waals surface area contributed by atoms with Crippen molar-refractivity contribution < 1.29 is 22.8 Å². The standard InChI is InChI=1S/C22H27ClFN3O4S/c1-14(15-3-5-16(24)6-4-15)25-21(28)22(2)11-9-17(10-12-22)27-32(30,31)18-7-8-19(23)20(13-18)26-29/h3-8,13-14,17,26-27,29H,9-12H2,1-2H3,(H,25,28)/t14-,17?,22?/m1/s1. The highest BCUT2D eigenvalue weighted by Gasteiger charge is 2.39. The van der Waals surface area contributed by atoms with Crippen molar-refractivity contribution in [3.8, 4) is 0 Å². The second kappa shape index (κ2) is 9.74. The van der Waals surface area contributed by atoms with Crippen molar-refractivity contribution in [1.82, 2.24) is 10.0 Å². The summed E-state index contributed by atoms with van der Waals surface area (Å²) in [7, 11) is -3.82. The Morgan fingerprint density at radius 1 is 1.19 bits per heavy atom. The number of amides is 1. The maximum atomic E-state index is 13.1. The van der Waals surface area contributed by atoms with Crippen molar-refractivity contribution in [2.75, 3.05) is 5.48 Å². The number of carbonyl (C=O) groups is 1. The van der Waals surface area contributed by atoms with Crippen molar-refractivity contribution >= 4 is 33.2 Å². The van der Waals surface area contributed by atoms with Crippen LogP contribution in [0.5, 0.6) is 0 Å². The molecule has 0 unspecified atom stereocenters. The Labute approximate surface area is 192 Å². The Morgan fingerprint density at radius 2 is 1.81 bits per heavy atom. The highest BCUT2D eigenvalue weighted by Crippen LogP contribution is 2.37. The Hall–Kier alpha value is -2.20. The molecule has 3 rings (SSSR count). The number of hydrogen-bond acceptors (Lipinski definition) is 5. The van der Waals surface area contributed by atoms with Crippen LogP contribution in [0.2, 0.25) is 5.02 Å². The third kappa shape index (κ3) is 5.58. The normalized spacial score (nSPS) is 22.2. The fourth-order valence-electron chi connectivity index (χ4n) is 3.85. The van der Waals surface area contributed by atoms with Crippen LogP contribution in [0, 0.1) is 11.2 Å². The van der Waals surface area contributed by atoms with Gasteiger partial charge in [0, 0.05) is 11.5 Å². The van der Waals surface area contributed by atoms with Crippen molar-refractivity contribution in [2.24, 2.45) is 5.41 Å². The minimum absolute atomic E-state index is 0.0161. The largest absolute Gasteiger partial charge is 0.349 e. The van der Waals surface area contributed by atoms with E-state index in [0.717, 1.165) is 5.56 Å². The number of anilines is 1. The molecule has 1 atom stereocenters. The second-order valence-corrected chi connectivity index (χ2v) is 10.6. The Morgan fingerprint density at radius 3 is 2.41 bits per heavy atom. The molecule has 0 bridgehead atoms. The van der Waals surface area contributed by atoms with Crippen LogP contribution in [0.3, 0.4) is 0 Å². The third-order valence-corrected chi connectivity index (χ3v) is 7.89. The molecule has 2 aromatic carbocycles. The zero-order valence-corrected chi connectivity index (χ0v) is 19.4. The molecule has 32 heavy (non-hydrogen) atoms. The third-order valence-electron chi connectivity index (χ3n) is 6.05. The van der Waals surface area contributed by atoms with Crippen LogP contribution in [0.1, 0.15) is 51.1 Å². The average molecular weight is 484 g/mol. The smallest absolute Gasteiger partial charge is 0.240 e. The molecule has 0 saturated heterocycles. The number of halogens is 2. The summed E-state index contributed by atoms with van der Waals surface area (Å²) in [6.07, 6.45) is 2.05. The van der Waals surface area contributed by atoms with E-state index in [1.165, 1.54) is 30.3 Å². The van der Waals surface area contributed by atoms with E-state index in [0.29, 0.717) is 25.7 Å². The predicted molar refractivity (Wildman–Crippen MR) is 121 cm³/mol. The SMILES string of the molecule is C[C@@H](NC(=O)C1(C)CCC(NS(=O)(=O)c2ccc(Cl)c(NO)c2)CC1)c1ccc(F)cc1. The zero-order chi connectivity index (χ0) is 23.5. The predicted octanol–water partition coefficient (Wildman–Crippen LogP) is 4.38. The topological polar surface area (TPSA) is 108 Å². The van der Waals surface area contributed by atoms with Gasteiger partial charge in [0.2, 0.25) is 15.9 Å². The summed E-state index contributed by atoms with van der Waals surface area (Å²) in [6.45, 7) is 3.72. The quantitative estimate of drug-likeness (QED) is 0.437. The van der Waals surface area contributed by atoms with Gasteiger partial charge in [-0.25, -0.2) is 17.5 Å². The molecule has 0 spiro atoms. The van der Waals surface area contributed by atoms with E-state index in [-0.39, 0.29) is 39.4 Å². The molecular formula is C22H27ClFN3O4S. The van der Waals surface area contributed by atoms with Crippen molar-refractivity contribution in [3.63, 3.8) is 0 Å². The molecule has 0 heterocycles. The van der Waals surface area contributed by atoms with E-state index in [2.05, 4.69) is 10.0 Å². The van der Waals surface area contributed by atoms with Crippen LogP contribution in [0.4, 0.5) is 10.1 Å². The van der Waals surface area contributed by atoms with E-state index in [1.54, 1.807) is 12.1 Å². The fraction of sp³-hybridized carbons (Fsp3) is 0.409. The zero-order valence-electron chi connectivity index (χ0n) is 17.9. The summed E-state index contributed by atoms with van der Waals surface area (Å²) in [5, 5.41) is 12.3. The van der Waals surface area contributed by atoms with Crippen molar-refractivity contribution in [2.45, 2.75) is 56.5 Å². The molecule has 10 heteroatoms. The average Bonchev–Trinajstić information content (AvgIpc) is 2.76. The first-order chi connectivity index (χ1) is 15.0. The summed E-state index contributed by atoms with van der Waals surface area (Å²) in [5.74, 6) is -0.436. The van der Waals surface area contributed by atoms with Crippen molar-refractivity contribution in [3.05, 3.63) is 58.9 Å². The molecule has 1 aliphatic carbocycles. The monoisotopic (exact) mass is 483 g/mol. The fourth-order valence-corrected chi connectivity index (χ4v) is 5.34. The summed E-state index contributed by atoms with van der Waals surface area (Å²) in [6, 6.07) is 9.43. The molecule has 174 valence electrons. The highest BCUT2D eigenvalue weighted by molar-refractivity contribution is 7.89. The molecule has 1 fully saturated rings. The number of hydrogen-bond donors (Lipinski definition) is 4. The van der Waals surface area contributed by atoms with Gasteiger partial charge in [0.25, 0.3) is 0 Å². The minimum atomic E-state index is -3.82. The molecule has 2 aromatic rings. The maximum absolute atomic E-state index is 13.1. The van der Waals surface area contributed by atoms with Gasteiger partial charge in [-0.05, 0) is 68.5 Å². The summed E-state index contributed by atoms with van der Waals surface area (Å²) >= 11 is 5.89. The molecule has 7 nitrogen and oxygen atoms in total. The van der Waals surface area contributed by atoms with Crippen LogP contribution in [0.25, 0.3) is 0 Å². The maximum Gasteiger partial charge on any atom is 0.240 e. The number of sulfonamides is 1. The van der Waals surface area contributed by atoms with Crippen LogP contribution in [-0.2, 0) is 14.8 Å². The number of nitrogens with one attached hydrogen (secondary N) is 3. The van der Waals surface area contributed by atoms with Gasteiger partial charge in [0.1, 0.15) is 5.82 Å². The molecule has 0 radical (unpaired) electrons. The summed E-state index contributed by atoms with van der Waals surface area (Å²) < 4.78 is 41.3. The van der Waals surface area contributed by atoms with Crippen LogP contribution in [-0.4, -0.2) is 25.6 Å². The van der Waals surface area contributed by atoms with Gasteiger partial charge in [-0.2, -0.15) is 0 Å². The second-order valence-electron chi connectivity index (χ2n) is 8.46. The van der Waals surface area contributed by atoms with Gasteiger partial charge in [0.15, 0.2) is 0 Å². The first-order valence-corrected chi connectivity index (χ1v) is 12.2. The molecule has 4 N–H and O–H groups in total. The van der Waals surface area contributed by atoms with Gasteiger partial charge in [-0.1, -0.05) is 30.7 Å². The Balaban J connectivity index is 1.59. The first kappa shape index (κ1) is 24.4. The van der Waals surface area contributed by atoms with Gasteiger partial charge in [-0.3, -0.25) is 15.5 Å². The summed E-state index contributed by atoms with van der Waals surface area (Å²) in [5.41, 5.74) is 2.16. The van der Waals surface area contributed by atoms with Gasteiger partial charge >= 0.3 is 0 Å². The number of rotatable bonds is 7.